The Balaban J connectivity index is 2.56. The van der Waals surface area contributed by atoms with E-state index in [4.69, 9.17) is 0 Å². The number of carbonyl (C=O) groups is 1. The van der Waals surface area contributed by atoms with Gasteiger partial charge >= 0.3 is 0 Å². The van der Waals surface area contributed by atoms with E-state index in [1.165, 1.54) is 4.90 Å². The van der Waals surface area contributed by atoms with Crippen molar-refractivity contribution in [2.75, 3.05) is 46.0 Å². The molecule has 1 rings (SSSR count). The first-order chi connectivity index (χ1) is 10.8. The highest BCUT2D eigenvalue weighted by Crippen LogP contribution is 2.14. The van der Waals surface area contributed by atoms with Crippen molar-refractivity contribution >= 4 is 21.9 Å². The van der Waals surface area contributed by atoms with Crippen LogP contribution < -0.4 is 10.6 Å². The monoisotopic (exact) mass is 347 g/mol. The fraction of sp³-hybridized carbons (Fsp3) is 0.857. The van der Waals surface area contributed by atoms with Gasteiger partial charge in [-0.25, -0.2) is 17.7 Å². The lowest BCUT2D eigenvalue weighted by atomic mass is 10.1. The van der Waals surface area contributed by atoms with Gasteiger partial charge < -0.3 is 15.5 Å². The van der Waals surface area contributed by atoms with Gasteiger partial charge in [0, 0.05) is 39.8 Å². The van der Waals surface area contributed by atoms with E-state index in [1.807, 2.05) is 6.92 Å². The summed E-state index contributed by atoms with van der Waals surface area (Å²) in [6.45, 7) is 5.45. The van der Waals surface area contributed by atoms with Crippen LogP contribution in [0.15, 0.2) is 4.99 Å². The van der Waals surface area contributed by atoms with Crippen LogP contribution >= 0.6 is 0 Å². The van der Waals surface area contributed by atoms with Crippen molar-refractivity contribution in [3.63, 3.8) is 0 Å². The summed E-state index contributed by atoms with van der Waals surface area (Å²) in [6, 6.07) is 0.158. The molecule has 0 atom stereocenters. The lowest BCUT2D eigenvalue weighted by Crippen LogP contribution is -2.50. The predicted octanol–water partition coefficient (Wildman–Crippen LogP) is -0.556. The first-order valence-electron chi connectivity index (χ1n) is 8.03. The fourth-order valence-electron chi connectivity index (χ4n) is 2.26. The number of hydrogen-bond acceptors (Lipinski definition) is 4. The van der Waals surface area contributed by atoms with Crippen molar-refractivity contribution in [3.05, 3.63) is 0 Å². The molecule has 1 heterocycles. The van der Waals surface area contributed by atoms with Crippen molar-refractivity contribution in [1.82, 2.24) is 19.8 Å². The minimum atomic E-state index is -3.10. The van der Waals surface area contributed by atoms with Crippen molar-refractivity contribution in [2.45, 2.75) is 32.7 Å². The smallest absolute Gasteiger partial charge is 0.243 e. The first-order valence-corrected chi connectivity index (χ1v) is 9.63. The molecule has 0 radical (unpaired) electrons. The molecule has 1 aliphatic heterocycles. The number of likely N-dealkylation sites (N-methyl/N-ethyl adjacent to an activating group) is 1. The molecule has 2 N–H and O–H groups in total. The van der Waals surface area contributed by atoms with E-state index < -0.39 is 10.0 Å². The second kappa shape index (κ2) is 9.07. The summed E-state index contributed by atoms with van der Waals surface area (Å²) in [6.07, 6.45) is 1.45. The molecule has 0 bridgehead atoms. The summed E-state index contributed by atoms with van der Waals surface area (Å²) in [5, 5.41) is 6.40. The van der Waals surface area contributed by atoms with E-state index in [0.717, 1.165) is 12.8 Å². The van der Waals surface area contributed by atoms with E-state index in [1.54, 1.807) is 25.3 Å². The summed E-state index contributed by atoms with van der Waals surface area (Å²) in [5.41, 5.74) is 0. The Morgan fingerprint density at radius 1 is 1.26 bits per heavy atom. The number of aliphatic imine (C=N–C) groups is 1. The molecule has 0 unspecified atom stereocenters. The molecule has 8 nitrogen and oxygen atoms in total. The van der Waals surface area contributed by atoms with Gasteiger partial charge in [0.25, 0.3) is 0 Å². The third kappa shape index (κ3) is 6.34. The van der Waals surface area contributed by atoms with Gasteiger partial charge in [-0.15, -0.1) is 0 Å². The lowest BCUT2D eigenvalue weighted by Gasteiger charge is -2.32. The average Bonchev–Trinajstić information content (AvgIpc) is 2.52. The average molecular weight is 347 g/mol. The number of nitrogens with zero attached hydrogens (tertiary/aromatic N) is 3. The van der Waals surface area contributed by atoms with E-state index in [0.29, 0.717) is 25.6 Å². The Hall–Kier alpha value is -1.35. The number of hydrogen-bond donors (Lipinski definition) is 2. The van der Waals surface area contributed by atoms with Gasteiger partial charge in [0.2, 0.25) is 15.9 Å². The molecular formula is C14H29N5O3S. The molecular weight excluding hydrogens is 318 g/mol. The highest BCUT2D eigenvalue weighted by Gasteiger charge is 2.27. The van der Waals surface area contributed by atoms with Gasteiger partial charge in [0.05, 0.1) is 5.75 Å². The van der Waals surface area contributed by atoms with Crippen LogP contribution in [-0.2, 0) is 14.8 Å². The molecule has 0 saturated carbocycles. The van der Waals surface area contributed by atoms with Crippen LogP contribution in [0, 0.1) is 0 Å². The summed E-state index contributed by atoms with van der Waals surface area (Å²) in [5.74, 6) is 0.674. The molecule has 23 heavy (non-hydrogen) atoms. The molecule has 0 aliphatic carbocycles. The van der Waals surface area contributed by atoms with Crippen molar-refractivity contribution in [1.29, 1.82) is 0 Å². The molecule has 1 saturated heterocycles. The minimum absolute atomic E-state index is 0.0638. The molecule has 0 aromatic heterocycles. The van der Waals surface area contributed by atoms with E-state index in [2.05, 4.69) is 15.6 Å². The summed E-state index contributed by atoms with van der Waals surface area (Å²) < 4.78 is 25.3. The maximum absolute atomic E-state index is 11.9. The van der Waals surface area contributed by atoms with Gasteiger partial charge in [-0.2, -0.15) is 0 Å². The lowest BCUT2D eigenvalue weighted by molar-refractivity contribution is -0.127. The van der Waals surface area contributed by atoms with Crippen molar-refractivity contribution < 1.29 is 13.2 Å². The predicted molar refractivity (Wildman–Crippen MR) is 91.9 cm³/mol. The molecule has 134 valence electrons. The van der Waals surface area contributed by atoms with Crippen LogP contribution in [0.4, 0.5) is 0 Å². The maximum atomic E-state index is 11.9. The summed E-state index contributed by atoms with van der Waals surface area (Å²) in [7, 11) is 0.288. The Bertz CT molecular complexity index is 511. The molecule has 9 heteroatoms. The van der Waals surface area contributed by atoms with Gasteiger partial charge in [-0.05, 0) is 26.7 Å². The maximum Gasteiger partial charge on any atom is 0.243 e. The SMILES string of the molecule is CCNC(=NCC(=O)N(C)C)NC1CCN(S(=O)(=O)CC)CC1. The van der Waals surface area contributed by atoms with Crippen LogP contribution in [0.25, 0.3) is 0 Å². The second-order valence-corrected chi connectivity index (χ2v) is 7.96. The number of rotatable bonds is 6. The topological polar surface area (TPSA) is 94.1 Å². The highest BCUT2D eigenvalue weighted by atomic mass is 32.2. The third-order valence-electron chi connectivity index (χ3n) is 3.77. The Labute approximate surface area is 139 Å². The number of piperidine rings is 1. The summed E-state index contributed by atoms with van der Waals surface area (Å²) >= 11 is 0. The number of guanidine groups is 1. The Morgan fingerprint density at radius 2 is 1.87 bits per heavy atom. The molecule has 0 aromatic carbocycles. The fourth-order valence-corrected chi connectivity index (χ4v) is 3.39. The van der Waals surface area contributed by atoms with Crippen LogP contribution in [0.1, 0.15) is 26.7 Å². The second-order valence-electron chi connectivity index (χ2n) is 5.70. The number of amides is 1. The van der Waals surface area contributed by atoms with E-state index in [9.17, 15) is 13.2 Å². The largest absolute Gasteiger partial charge is 0.357 e. The third-order valence-corrected chi connectivity index (χ3v) is 5.65. The van der Waals surface area contributed by atoms with Crippen molar-refractivity contribution in [2.24, 2.45) is 4.99 Å². The van der Waals surface area contributed by atoms with Gasteiger partial charge in [-0.3, -0.25) is 4.79 Å². The zero-order valence-electron chi connectivity index (χ0n) is 14.5. The molecule has 1 aliphatic rings. The first kappa shape index (κ1) is 19.7. The van der Waals surface area contributed by atoms with E-state index >= 15 is 0 Å². The van der Waals surface area contributed by atoms with Gasteiger partial charge in [0.15, 0.2) is 5.96 Å². The number of sulfonamides is 1. The molecule has 0 aromatic rings. The Morgan fingerprint density at radius 3 is 2.35 bits per heavy atom. The van der Waals surface area contributed by atoms with Crippen LogP contribution in [-0.4, -0.2) is 81.6 Å². The normalized spacial score (nSPS) is 17.8. The molecule has 1 amide bonds. The molecule has 0 spiro atoms. The Kier molecular flexibility index (Phi) is 7.77. The molecule has 1 fully saturated rings. The minimum Gasteiger partial charge on any atom is -0.357 e. The highest BCUT2D eigenvalue weighted by molar-refractivity contribution is 7.89. The zero-order valence-corrected chi connectivity index (χ0v) is 15.3. The quantitative estimate of drug-likeness (QED) is 0.496. The van der Waals surface area contributed by atoms with Crippen LogP contribution in [0.2, 0.25) is 0 Å². The zero-order chi connectivity index (χ0) is 17.5. The van der Waals surface area contributed by atoms with Crippen LogP contribution in [0.3, 0.4) is 0 Å². The van der Waals surface area contributed by atoms with E-state index in [-0.39, 0.29) is 24.2 Å². The number of carbonyl (C=O) groups excluding carboxylic acids is 1. The van der Waals surface area contributed by atoms with Gasteiger partial charge in [0.1, 0.15) is 6.54 Å². The van der Waals surface area contributed by atoms with Crippen LogP contribution in [0.5, 0.6) is 0 Å². The van der Waals surface area contributed by atoms with Gasteiger partial charge in [-0.1, -0.05) is 0 Å². The number of nitrogens with one attached hydrogen (secondary N) is 2. The summed E-state index contributed by atoms with van der Waals surface area (Å²) in [4.78, 5) is 17.4. The van der Waals surface area contributed by atoms with Crippen molar-refractivity contribution in [3.8, 4) is 0 Å². The standard InChI is InChI=1S/C14H29N5O3S/c1-5-15-14(16-11-13(20)18(3)4)17-12-7-9-19(10-8-12)23(21,22)6-2/h12H,5-11H2,1-4H3,(H2,15,16,17).